The fourth-order valence-electron chi connectivity index (χ4n) is 2.80. The molecule has 14 heteroatoms. The molecule has 0 spiro atoms. The molecule has 1 heterocycles. The van der Waals surface area contributed by atoms with Crippen molar-refractivity contribution in [2.45, 2.75) is 71.3 Å². The molecule has 0 aliphatic heterocycles. The fraction of sp³-hybridized carbons (Fsp3) is 0.650. The van der Waals surface area contributed by atoms with Crippen LogP contribution in [0.2, 0.25) is 0 Å². The van der Waals surface area contributed by atoms with Crippen molar-refractivity contribution in [3.05, 3.63) is 17.5 Å². The maximum absolute atomic E-state index is 13.1. The molecular formula is C20H26F6N4O4. The number of carbonyl (C=O) groups is 3. The molecule has 0 radical (unpaired) electrons. The summed E-state index contributed by atoms with van der Waals surface area (Å²) in [4.78, 5) is 43.3. The first-order chi connectivity index (χ1) is 15.7. The molecule has 0 aliphatic carbocycles. The van der Waals surface area contributed by atoms with Crippen LogP contribution < -0.4 is 10.2 Å². The number of aryl methyl sites for hydroxylation is 2. The van der Waals surface area contributed by atoms with E-state index in [1.165, 1.54) is 19.9 Å². The molecule has 1 rings (SSSR count). The number of unbranched alkanes of at least 4 members (excludes halogenated alkanes) is 2. The molecule has 0 fully saturated rings. The lowest BCUT2D eigenvalue weighted by Gasteiger charge is -2.23. The fourth-order valence-corrected chi connectivity index (χ4v) is 2.80. The number of esters is 1. The highest BCUT2D eigenvalue weighted by atomic mass is 19.4. The van der Waals surface area contributed by atoms with Gasteiger partial charge in [0.1, 0.15) is 6.04 Å². The molecule has 2 amide bonds. The van der Waals surface area contributed by atoms with Crippen LogP contribution in [0, 0.1) is 13.8 Å². The van der Waals surface area contributed by atoms with Crippen LogP contribution in [0.1, 0.15) is 50.4 Å². The number of hydrogen-bond donors (Lipinski definition) is 1. The lowest BCUT2D eigenvalue weighted by atomic mass is 10.1. The number of nitrogens with zero attached hydrogens (tertiary/aromatic N) is 3. The molecule has 1 atom stereocenters. The van der Waals surface area contributed by atoms with E-state index < -0.39 is 48.7 Å². The van der Waals surface area contributed by atoms with Crippen molar-refractivity contribution >= 4 is 23.7 Å². The highest BCUT2D eigenvalue weighted by Crippen LogP contribution is 2.23. The molecule has 1 aromatic rings. The van der Waals surface area contributed by atoms with Gasteiger partial charge >= 0.3 is 30.1 Å². The number of aromatic nitrogens is 2. The first kappa shape index (κ1) is 29.1. The Balaban J connectivity index is 2.91. The van der Waals surface area contributed by atoms with E-state index in [0.29, 0.717) is 29.1 Å². The number of halogens is 6. The van der Waals surface area contributed by atoms with Gasteiger partial charge in [-0.2, -0.15) is 26.3 Å². The summed E-state index contributed by atoms with van der Waals surface area (Å²) >= 11 is 0. The van der Waals surface area contributed by atoms with Crippen LogP contribution >= 0.6 is 0 Å². The first-order valence-electron chi connectivity index (χ1n) is 10.4. The second-order valence-electron chi connectivity index (χ2n) is 7.45. The highest BCUT2D eigenvalue weighted by Gasteiger charge is 2.44. The van der Waals surface area contributed by atoms with Crippen molar-refractivity contribution in [2.75, 3.05) is 18.1 Å². The average Bonchev–Trinajstić information content (AvgIpc) is 2.70. The molecule has 1 aromatic heterocycles. The van der Waals surface area contributed by atoms with E-state index in [1.807, 2.05) is 0 Å². The topological polar surface area (TPSA) is 101 Å². The minimum absolute atomic E-state index is 0.0639. The summed E-state index contributed by atoms with van der Waals surface area (Å²) in [7, 11) is 0. The monoisotopic (exact) mass is 500 g/mol. The van der Waals surface area contributed by atoms with Crippen molar-refractivity contribution in [1.82, 2.24) is 15.3 Å². The van der Waals surface area contributed by atoms with E-state index in [0.717, 1.165) is 0 Å². The molecule has 192 valence electrons. The van der Waals surface area contributed by atoms with Gasteiger partial charge in [0, 0.05) is 17.9 Å². The minimum atomic E-state index is -5.24. The number of carbonyl (C=O) groups excluding carboxylic acids is 3. The third-order valence-corrected chi connectivity index (χ3v) is 4.41. The first-order valence-corrected chi connectivity index (χ1v) is 10.4. The largest absolute Gasteiger partial charge is 0.471 e. The quantitative estimate of drug-likeness (QED) is 0.283. The SMILES string of the molecule is CCCCOC(=O)C(CCCCN(C(=O)C(F)(F)F)c1nc(C)cc(C)n1)NC(=O)C(F)(F)F. The van der Waals surface area contributed by atoms with Gasteiger partial charge in [0.25, 0.3) is 0 Å². The minimum Gasteiger partial charge on any atom is -0.464 e. The third kappa shape index (κ3) is 9.51. The van der Waals surface area contributed by atoms with E-state index >= 15 is 0 Å². The summed E-state index contributed by atoms with van der Waals surface area (Å²) in [5.74, 6) is -6.12. The lowest BCUT2D eigenvalue weighted by Crippen LogP contribution is -2.47. The van der Waals surface area contributed by atoms with Crippen molar-refractivity contribution in [1.29, 1.82) is 0 Å². The molecular weight excluding hydrogens is 474 g/mol. The van der Waals surface area contributed by atoms with Crippen molar-refractivity contribution in [3.8, 4) is 0 Å². The second kappa shape index (κ2) is 12.5. The number of alkyl halides is 6. The molecule has 1 unspecified atom stereocenters. The highest BCUT2D eigenvalue weighted by molar-refractivity contribution is 5.95. The molecule has 0 saturated heterocycles. The Bertz CT molecular complexity index is 840. The summed E-state index contributed by atoms with van der Waals surface area (Å²) in [6.07, 6.45) is -9.97. The summed E-state index contributed by atoms with van der Waals surface area (Å²) in [6, 6.07) is -0.159. The Hall–Kier alpha value is -2.93. The van der Waals surface area contributed by atoms with Gasteiger partial charge in [0.05, 0.1) is 6.61 Å². The molecule has 0 saturated carbocycles. The molecule has 0 aliphatic rings. The van der Waals surface area contributed by atoms with Gasteiger partial charge in [-0.25, -0.2) is 14.8 Å². The molecule has 1 N–H and O–H groups in total. The predicted octanol–water partition coefficient (Wildman–Crippen LogP) is 3.55. The second-order valence-corrected chi connectivity index (χ2v) is 7.45. The standard InChI is InChI=1S/C20H26F6N4O4/c1-4-5-10-34-15(31)14(29-16(32)19(21,22)23)8-6-7-9-30(17(33)20(24,25)26)18-27-12(2)11-13(3)28-18/h11,14H,4-10H2,1-3H3,(H,29,32). The van der Waals surface area contributed by atoms with E-state index in [2.05, 4.69) is 9.97 Å². The van der Waals surface area contributed by atoms with E-state index in [-0.39, 0.29) is 25.9 Å². The lowest BCUT2D eigenvalue weighted by molar-refractivity contribution is -0.176. The van der Waals surface area contributed by atoms with Gasteiger partial charge in [-0.3, -0.25) is 14.5 Å². The average molecular weight is 500 g/mol. The molecule has 0 aromatic carbocycles. The van der Waals surface area contributed by atoms with E-state index in [1.54, 1.807) is 12.2 Å². The van der Waals surface area contributed by atoms with Crippen LogP contribution in [0.5, 0.6) is 0 Å². The van der Waals surface area contributed by atoms with Crippen LogP contribution in [-0.2, 0) is 19.1 Å². The zero-order chi connectivity index (χ0) is 26.1. The maximum atomic E-state index is 13.1. The molecule has 0 bridgehead atoms. The van der Waals surface area contributed by atoms with Crippen LogP contribution in [0.25, 0.3) is 0 Å². The Morgan fingerprint density at radius 2 is 1.59 bits per heavy atom. The number of hydrogen-bond acceptors (Lipinski definition) is 6. The van der Waals surface area contributed by atoms with Gasteiger partial charge in [0.15, 0.2) is 0 Å². The van der Waals surface area contributed by atoms with Crippen molar-refractivity contribution in [3.63, 3.8) is 0 Å². The zero-order valence-corrected chi connectivity index (χ0v) is 18.8. The Labute approximate surface area is 192 Å². The number of nitrogens with one attached hydrogen (secondary N) is 1. The van der Waals surface area contributed by atoms with E-state index in [4.69, 9.17) is 4.74 Å². The Morgan fingerprint density at radius 3 is 2.09 bits per heavy atom. The van der Waals surface area contributed by atoms with Crippen molar-refractivity contribution < 1.29 is 45.5 Å². The van der Waals surface area contributed by atoms with Crippen molar-refractivity contribution in [2.24, 2.45) is 0 Å². The van der Waals surface area contributed by atoms with Gasteiger partial charge in [0.2, 0.25) is 5.95 Å². The zero-order valence-electron chi connectivity index (χ0n) is 18.8. The molecule has 34 heavy (non-hydrogen) atoms. The number of anilines is 1. The van der Waals surface area contributed by atoms with Crippen LogP contribution in [-0.4, -0.2) is 59.3 Å². The number of amides is 2. The van der Waals surface area contributed by atoms with Gasteiger partial charge in [-0.15, -0.1) is 0 Å². The normalized spacial score (nSPS) is 12.7. The predicted molar refractivity (Wildman–Crippen MR) is 108 cm³/mol. The third-order valence-electron chi connectivity index (χ3n) is 4.41. The van der Waals surface area contributed by atoms with Crippen LogP contribution in [0.15, 0.2) is 6.07 Å². The van der Waals surface area contributed by atoms with Gasteiger partial charge in [-0.05, 0) is 45.6 Å². The maximum Gasteiger partial charge on any atom is 0.471 e. The molecule has 8 nitrogen and oxygen atoms in total. The Kier molecular flexibility index (Phi) is 10.7. The number of ether oxygens (including phenoxy) is 1. The van der Waals surface area contributed by atoms with E-state index in [9.17, 15) is 40.7 Å². The van der Waals surface area contributed by atoms with Crippen LogP contribution in [0.3, 0.4) is 0 Å². The summed E-state index contributed by atoms with van der Waals surface area (Å²) in [5.41, 5.74) is 0.652. The Morgan fingerprint density at radius 1 is 1.00 bits per heavy atom. The van der Waals surface area contributed by atoms with Crippen LogP contribution in [0.4, 0.5) is 32.3 Å². The van der Waals surface area contributed by atoms with Gasteiger partial charge < -0.3 is 10.1 Å². The van der Waals surface area contributed by atoms with Gasteiger partial charge in [-0.1, -0.05) is 13.3 Å². The smallest absolute Gasteiger partial charge is 0.464 e. The summed E-state index contributed by atoms with van der Waals surface area (Å²) in [5, 5.41) is 1.54. The summed E-state index contributed by atoms with van der Waals surface area (Å²) < 4.78 is 81.9. The summed E-state index contributed by atoms with van der Waals surface area (Å²) in [6.45, 7) is 4.22. The number of rotatable bonds is 11.